The maximum atomic E-state index is 12.2. The van der Waals surface area contributed by atoms with Gasteiger partial charge in [0.2, 0.25) is 0 Å². The highest BCUT2D eigenvalue weighted by atomic mass is 35.5. The Labute approximate surface area is 205 Å². The van der Waals surface area contributed by atoms with Crippen LogP contribution in [0.4, 0.5) is 0 Å². The molecule has 0 radical (unpaired) electrons. The van der Waals surface area contributed by atoms with Crippen molar-refractivity contribution in [2.45, 2.75) is 13.5 Å². The van der Waals surface area contributed by atoms with Crippen LogP contribution >= 0.6 is 46.4 Å². The number of hydrazone groups is 1. The van der Waals surface area contributed by atoms with E-state index in [1.54, 1.807) is 42.5 Å². The van der Waals surface area contributed by atoms with Crippen molar-refractivity contribution in [3.05, 3.63) is 85.6 Å². The van der Waals surface area contributed by atoms with Crippen LogP contribution in [0.2, 0.25) is 20.2 Å². The maximum Gasteiger partial charge on any atom is 0.274 e. The molecular formula is C22H17Cl4N3O3. The van der Waals surface area contributed by atoms with Crippen LogP contribution in [-0.2, 0) is 6.61 Å². The minimum absolute atomic E-state index is 0.0872. The van der Waals surface area contributed by atoms with Crippen LogP contribution in [0, 0.1) is 0 Å². The number of halogens is 4. The molecule has 0 unspecified atom stereocenters. The van der Waals surface area contributed by atoms with Gasteiger partial charge < -0.3 is 9.47 Å². The first-order valence-corrected chi connectivity index (χ1v) is 10.9. The molecule has 3 rings (SSSR count). The SMILES string of the molecule is CCOc1cc(C=NNC(=O)c2cccnc2Cl)cc(Cl)c1OCc1ccc(Cl)cc1Cl. The van der Waals surface area contributed by atoms with E-state index in [0.717, 1.165) is 5.56 Å². The molecule has 0 aliphatic rings. The van der Waals surface area contributed by atoms with E-state index in [9.17, 15) is 4.79 Å². The normalized spacial score (nSPS) is 10.9. The fraction of sp³-hybridized carbons (Fsp3) is 0.136. The zero-order valence-corrected chi connectivity index (χ0v) is 19.8. The molecular weight excluding hydrogens is 496 g/mol. The Morgan fingerprint density at radius 1 is 1.09 bits per heavy atom. The summed E-state index contributed by atoms with van der Waals surface area (Å²) < 4.78 is 11.5. The third-order valence-corrected chi connectivity index (χ3v) is 5.27. The van der Waals surface area contributed by atoms with Gasteiger partial charge in [0, 0.05) is 21.8 Å². The number of rotatable bonds is 8. The Morgan fingerprint density at radius 2 is 1.91 bits per heavy atom. The van der Waals surface area contributed by atoms with Crippen LogP contribution in [0.3, 0.4) is 0 Å². The summed E-state index contributed by atoms with van der Waals surface area (Å²) in [6, 6.07) is 11.6. The Bertz CT molecular complexity index is 1160. The van der Waals surface area contributed by atoms with E-state index in [2.05, 4.69) is 15.5 Å². The standard InChI is InChI=1S/C22H17Cl4N3O3/c1-2-31-19-9-13(11-28-29-22(30)16-4-3-7-27-21(16)26)8-18(25)20(19)32-12-14-5-6-15(23)10-17(14)24/h3-11H,2,12H2,1H3,(H,29,30). The van der Waals surface area contributed by atoms with Gasteiger partial charge in [0.15, 0.2) is 11.5 Å². The maximum absolute atomic E-state index is 12.2. The number of ether oxygens (including phenoxy) is 2. The van der Waals surface area contributed by atoms with Crippen LogP contribution in [0.1, 0.15) is 28.4 Å². The molecule has 10 heteroatoms. The van der Waals surface area contributed by atoms with Crippen molar-refractivity contribution in [3.63, 3.8) is 0 Å². The van der Waals surface area contributed by atoms with Gasteiger partial charge in [-0.15, -0.1) is 0 Å². The summed E-state index contributed by atoms with van der Waals surface area (Å²) >= 11 is 24.5. The smallest absolute Gasteiger partial charge is 0.274 e. The van der Waals surface area contributed by atoms with E-state index in [4.69, 9.17) is 55.9 Å². The summed E-state index contributed by atoms with van der Waals surface area (Å²) in [5.41, 5.74) is 3.95. The lowest BCUT2D eigenvalue weighted by Gasteiger charge is -2.15. The Morgan fingerprint density at radius 3 is 2.62 bits per heavy atom. The lowest BCUT2D eigenvalue weighted by Crippen LogP contribution is -2.18. The number of pyridine rings is 1. The molecule has 0 bridgehead atoms. The van der Waals surface area contributed by atoms with Crippen LogP contribution < -0.4 is 14.9 Å². The number of hydrogen-bond donors (Lipinski definition) is 1. The fourth-order valence-corrected chi connectivity index (χ4v) is 3.58. The van der Waals surface area contributed by atoms with Gasteiger partial charge in [0.25, 0.3) is 5.91 Å². The molecule has 1 heterocycles. The summed E-state index contributed by atoms with van der Waals surface area (Å²) in [5, 5.41) is 5.37. The third kappa shape index (κ3) is 6.26. The first-order valence-electron chi connectivity index (χ1n) is 9.36. The van der Waals surface area contributed by atoms with Gasteiger partial charge in [-0.3, -0.25) is 4.79 Å². The quantitative estimate of drug-likeness (QED) is 0.214. The largest absolute Gasteiger partial charge is 0.490 e. The molecule has 0 fully saturated rings. The van der Waals surface area contributed by atoms with E-state index in [-0.39, 0.29) is 17.3 Å². The molecule has 0 aliphatic heterocycles. The van der Waals surface area contributed by atoms with Gasteiger partial charge in [-0.05, 0) is 48.9 Å². The number of nitrogens with zero attached hydrogens (tertiary/aromatic N) is 2. The highest BCUT2D eigenvalue weighted by molar-refractivity contribution is 6.35. The molecule has 1 N–H and O–H groups in total. The van der Waals surface area contributed by atoms with Gasteiger partial charge in [-0.1, -0.05) is 52.5 Å². The summed E-state index contributed by atoms with van der Waals surface area (Å²) in [7, 11) is 0. The van der Waals surface area contributed by atoms with E-state index in [1.807, 2.05) is 6.92 Å². The first-order chi connectivity index (χ1) is 15.4. The monoisotopic (exact) mass is 511 g/mol. The lowest BCUT2D eigenvalue weighted by molar-refractivity contribution is 0.0955. The molecule has 3 aromatic rings. The van der Waals surface area contributed by atoms with Crippen molar-refractivity contribution < 1.29 is 14.3 Å². The van der Waals surface area contributed by atoms with Crippen molar-refractivity contribution in [1.29, 1.82) is 0 Å². The summed E-state index contributed by atoms with van der Waals surface area (Å²) in [5.74, 6) is 0.298. The second-order valence-corrected chi connectivity index (χ2v) is 7.94. The minimum atomic E-state index is -0.490. The average molecular weight is 513 g/mol. The zero-order chi connectivity index (χ0) is 23.1. The Balaban J connectivity index is 1.75. The molecule has 0 atom stereocenters. The summed E-state index contributed by atoms with van der Waals surface area (Å²) in [6.45, 7) is 2.41. The summed E-state index contributed by atoms with van der Waals surface area (Å²) in [4.78, 5) is 16.0. The number of hydrogen-bond acceptors (Lipinski definition) is 5. The van der Waals surface area contributed by atoms with Crippen LogP contribution in [0.15, 0.2) is 53.8 Å². The van der Waals surface area contributed by atoms with Gasteiger partial charge in [-0.25, -0.2) is 10.4 Å². The molecule has 166 valence electrons. The molecule has 6 nitrogen and oxygen atoms in total. The number of benzene rings is 2. The molecule has 1 aromatic heterocycles. The van der Waals surface area contributed by atoms with E-state index < -0.39 is 5.91 Å². The van der Waals surface area contributed by atoms with E-state index in [1.165, 1.54) is 12.4 Å². The molecule has 0 saturated heterocycles. The highest BCUT2D eigenvalue weighted by Gasteiger charge is 2.14. The average Bonchev–Trinajstić information content (AvgIpc) is 2.75. The van der Waals surface area contributed by atoms with Gasteiger partial charge >= 0.3 is 0 Å². The number of amides is 1. The molecule has 0 aliphatic carbocycles. The van der Waals surface area contributed by atoms with Gasteiger partial charge in [-0.2, -0.15) is 5.10 Å². The second-order valence-electron chi connectivity index (χ2n) is 6.33. The molecule has 0 saturated carbocycles. The summed E-state index contributed by atoms with van der Waals surface area (Å²) in [6.07, 6.45) is 2.92. The predicted octanol–water partition coefficient (Wildman–Crippen LogP) is 6.44. The van der Waals surface area contributed by atoms with Gasteiger partial charge in [0.1, 0.15) is 11.8 Å². The van der Waals surface area contributed by atoms with E-state index in [0.29, 0.717) is 38.7 Å². The third-order valence-electron chi connectivity index (χ3n) is 4.10. The van der Waals surface area contributed by atoms with Crippen LogP contribution in [0.25, 0.3) is 0 Å². The van der Waals surface area contributed by atoms with Crippen LogP contribution in [-0.4, -0.2) is 23.7 Å². The highest BCUT2D eigenvalue weighted by Crippen LogP contribution is 2.37. The zero-order valence-electron chi connectivity index (χ0n) is 16.7. The van der Waals surface area contributed by atoms with Crippen LogP contribution in [0.5, 0.6) is 11.5 Å². The number of nitrogens with one attached hydrogen (secondary N) is 1. The Hall–Kier alpha value is -2.51. The van der Waals surface area contributed by atoms with Crippen molar-refractivity contribution >= 4 is 58.5 Å². The predicted molar refractivity (Wildman–Crippen MR) is 128 cm³/mol. The molecule has 32 heavy (non-hydrogen) atoms. The van der Waals surface area contributed by atoms with Crippen molar-refractivity contribution in [2.24, 2.45) is 5.10 Å². The van der Waals surface area contributed by atoms with Crippen molar-refractivity contribution in [1.82, 2.24) is 10.4 Å². The number of aromatic nitrogens is 1. The lowest BCUT2D eigenvalue weighted by atomic mass is 10.2. The van der Waals surface area contributed by atoms with E-state index >= 15 is 0 Å². The minimum Gasteiger partial charge on any atom is -0.490 e. The fourth-order valence-electron chi connectivity index (χ4n) is 2.64. The second kappa shape index (κ2) is 11.4. The number of carbonyl (C=O) groups is 1. The molecule has 2 aromatic carbocycles. The topological polar surface area (TPSA) is 72.8 Å². The Kier molecular flexibility index (Phi) is 8.59. The van der Waals surface area contributed by atoms with Gasteiger partial charge in [0.05, 0.1) is 23.4 Å². The first kappa shape index (κ1) is 24.1. The van der Waals surface area contributed by atoms with Crippen molar-refractivity contribution in [3.8, 4) is 11.5 Å². The number of carbonyl (C=O) groups excluding carboxylic acids is 1. The molecule has 0 spiro atoms. The molecule has 1 amide bonds. The van der Waals surface area contributed by atoms with Crippen molar-refractivity contribution in [2.75, 3.05) is 6.61 Å².